The maximum atomic E-state index is 5.43. The zero-order valence-electron chi connectivity index (χ0n) is 7.59. The van der Waals surface area contributed by atoms with Gasteiger partial charge in [0.05, 0.1) is 6.26 Å². The lowest BCUT2D eigenvalue weighted by molar-refractivity contribution is 0.606. The molecule has 1 nitrogen and oxygen atoms in total. The lowest BCUT2D eigenvalue weighted by Gasteiger charge is -1.88. The van der Waals surface area contributed by atoms with Crippen molar-refractivity contribution in [3.05, 3.63) is 60.9 Å². The Kier molecular flexibility index (Phi) is 4.02. The van der Waals surface area contributed by atoms with Crippen LogP contribution < -0.4 is 0 Å². The number of hydrogen-bond donors (Lipinski definition) is 0. The Bertz CT molecular complexity index is 406. The van der Waals surface area contributed by atoms with E-state index in [1.807, 2.05) is 54.6 Å². The molecule has 0 aliphatic rings. The van der Waals surface area contributed by atoms with Gasteiger partial charge in [-0.3, -0.25) is 0 Å². The first kappa shape index (κ1) is 10.6. The minimum atomic E-state index is 0. The van der Waals surface area contributed by atoms with E-state index in [2.05, 4.69) is 0 Å². The van der Waals surface area contributed by atoms with Gasteiger partial charge in [0.25, 0.3) is 0 Å². The van der Waals surface area contributed by atoms with Crippen LogP contribution in [0, 0.1) is 0 Å². The maximum Gasteiger partial charge on any atom is 0.133 e. The standard InChI is InChI=1S/C12H10O.ClH/c1-2-6-10-13-12-9-5-4-8-11(12)7-3-1;/h1-10H;1H. The second kappa shape index (κ2) is 5.30. The summed E-state index contributed by atoms with van der Waals surface area (Å²) in [5.41, 5.74) is 0.888. The Morgan fingerprint density at radius 1 is 0.714 bits per heavy atom. The van der Waals surface area contributed by atoms with Gasteiger partial charge in [0.15, 0.2) is 0 Å². The molecule has 0 amide bonds. The smallest absolute Gasteiger partial charge is 0.133 e. The average molecular weight is 207 g/mol. The van der Waals surface area contributed by atoms with Crippen molar-refractivity contribution in [2.45, 2.75) is 0 Å². The monoisotopic (exact) mass is 206 g/mol. The van der Waals surface area contributed by atoms with Crippen LogP contribution in [0.3, 0.4) is 0 Å². The summed E-state index contributed by atoms with van der Waals surface area (Å²) in [6, 6.07) is 17.7. The van der Waals surface area contributed by atoms with Gasteiger partial charge in [-0.1, -0.05) is 42.5 Å². The predicted octanol–water partition coefficient (Wildman–Crippen LogP) is 3.98. The first-order chi connectivity index (χ1) is 6.47. The van der Waals surface area contributed by atoms with E-state index in [9.17, 15) is 0 Å². The second-order valence-corrected chi connectivity index (χ2v) is 2.73. The van der Waals surface area contributed by atoms with Gasteiger partial charge in [0.2, 0.25) is 0 Å². The first-order valence-electron chi connectivity index (χ1n) is 4.22. The van der Waals surface area contributed by atoms with Crippen LogP contribution in [0.15, 0.2) is 65.3 Å². The van der Waals surface area contributed by atoms with Crippen molar-refractivity contribution in [2.24, 2.45) is 0 Å². The Morgan fingerprint density at radius 3 is 2.21 bits per heavy atom. The van der Waals surface area contributed by atoms with Crippen LogP contribution in [0.2, 0.25) is 0 Å². The lowest BCUT2D eigenvalue weighted by Crippen LogP contribution is -1.63. The summed E-state index contributed by atoms with van der Waals surface area (Å²) < 4.78 is 5.43. The van der Waals surface area contributed by atoms with E-state index in [0.717, 1.165) is 11.0 Å². The molecule has 0 N–H and O–H groups in total. The van der Waals surface area contributed by atoms with Gasteiger partial charge in [-0.25, -0.2) is 0 Å². The van der Waals surface area contributed by atoms with Gasteiger partial charge in [-0.2, -0.15) is 0 Å². The first-order valence-corrected chi connectivity index (χ1v) is 4.22. The minimum absolute atomic E-state index is 0. The van der Waals surface area contributed by atoms with E-state index < -0.39 is 0 Å². The molecule has 0 bridgehead atoms. The number of para-hydroxylation sites is 1. The molecule has 0 fully saturated rings. The molecule has 0 saturated heterocycles. The van der Waals surface area contributed by atoms with E-state index in [4.69, 9.17) is 4.42 Å². The fourth-order valence-corrected chi connectivity index (χ4v) is 1.17. The number of rotatable bonds is 0. The third kappa shape index (κ3) is 2.51. The molecule has 1 aromatic heterocycles. The zero-order valence-corrected chi connectivity index (χ0v) is 8.41. The molecular weight excluding hydrogens is 196 g/mol. The third-order valence-corrected chi connectivity index (χ3v) is 1.80. The van der Waals surface area contributed by atoms with Gasteiger partial charge in [0.1, 0.15) is 5.58 Å². The molecule has 14 heavy (non-hydrogen) atoms. The van der Waals surface area contributed by atoms with Crippen LogP contribution in [0.25, 0.3) is 11.0 Å². The van der Waals surface area contributed by atoms with Gasteiger partial charge in [0, 0.05) is 5.39 Å². The number of benzene rings is 1. The maximum absolute atomic E-state index is 5.43. The zero-order chi connectivity index (χ0) is 8.93. The van der Waals surface area contributed by atoms with E-state index >= 15 is 0 Å². The molecule has 2 rings (SSSR count). The van der Waals surface area contributed by atoms with Crippen LogP contribution in [-0.4, -0.2) is 0 Å². The van der Waals surface area contributed by atoms with Crippen molar-refractivity contribution in [2.75, 3.05) is 0 Å². The molecule has 0 unspecified atom stereocenters. The topological polar surface area (TPSA) is 13.1 Å². The van der Waals surface area contributed by atoms with E-state index in [-0.39, 0.29) is 12.4 Å². The molecule has 0 aliphatic heterocycles. The lowest BCUT2D eigenvalue weighted by atomic mass is 10.2. The molecule has 0 saturated carbocycles. The summed E-state index contributed by atoms with van der Waals surface area (Å²) >= 11 is 0. The highest BCUT2D eigenvalue weighted by Crippen LogP contribution is 2.09. The van der Waals surface area contributed by atoms with Crippen LogP contribution in [0.4, 0.5) is 0 Å². The summed E-state index contributed by atoms with van der Waals surface area (Å²) in [5, 5.41) is 1.10. The van der Waals surface area contributed by atoms with Crippen LogP contribution in [0.1, 0.15) is 0 Å². The molecular formula is C12H11ClO. The summed E-state index contributed by atoms with van der Waals surface area (Å²) in [6.45, 7) is 0. The van der Waals surface area contributed by atoms with Gasteiger partial charge in [-0.05, 0) is 12.1 Å². The van der Waals surface area contributed by atoms with E-state index in [1.165, 1.54) is 0 Å². The molecule has 0 aliphatic carbocycles. The van der Waals surface area contributed by atoms with Crippen LogP contribution >= 0.6 is 12.4 Å². The Hall–Kier alpha value is -1.47. The Labute approximate surface area is 89.1 Å². The number of fused-ring (bicyclic) bond motifs is 1. The number of halogens is 1. The quantitative estimate of drug-likeness (QED) is 0.636. The molecule has 0 spiro atoms. The highest BCUT2D eigenvalue weighted by Gasteiger charge is 1.85. The molecule has 2 aromatic rings. The fraction of sp³-hybridized carbons (Fsp3) is 0. The molecule has 2 heteroatoms. The Morgan fingerprint density at radius 2 is 1.36 bits per heavy atom. The van der Waals surface area contributed by atoms with Crippen molar-refractivity contribution < 1.29 is 4.42 Å². The molecule has 0 radical (unpaired) electrons. The van der Waals surface area contributed by atoms with Crippen molar-refractivity contribution in [1.29, 1.82) is 0 Å². The summed E-state index contributed by atoms with van der Waals surface area (Å²) in [4.78, 5) is 0. The highest BCUT2D eigenvalue weighted by atomic mass is 35.5. The second-order valence-electron chi connectivity index (χ2n) is 2.73. The largest absolute Gasteiger partial charge is 0.464 e. The van der Waals surface area contributed by atoms with Gasteiger partial charge >= 0.3 is 0 Å². The van der Waals surface area contributed by atoms with Gasteiger partial charge < -0.3 is 4.42 Å². The molecule has 1 aromatic carbocycles. The Balaban J connectivity index is 0.000000980. The summed E-state index contributed by atoms with van der Waals surface area (Å²) in [7, 11) is 0. The summed E-state index contributed by atoms with van der Waals surface area (Å²) in [5.74, 6) is 0. The van der Waals surface area contributed by atoms with Gasteiger partial charge in [-0.15, -0.1) is 12.4 Å². The molecule has 72 valence electrons. The predicted molar refractivity (Wildman–Crippen MR) is 61.1 cm³/mol. The SMILES string of the molecule is Cl.c1cccc2ccccc2occ1. The van der Waals surface area contributed by atoms with Crippen molar-refractivity contribution in [3.63, 3.8) is 0 Å². The number of hydrogen-bond acceptors (Lipinski definition) is 1. The van der Waals surface area contributed by atoms with Crippen molar-refractivity contribution >= 4 is 23.4 Å². The third-order valence-electron chi connectivity index (χ3n) is 1.80. The normalized spacial score (nSPS) is 8.86. The molecule has 0 atom stereocenters. The van der Waals surface area contributed by atoms with Crippen LogP contribution in [0.5, 0.6) is 0 Å². The average Bonchev–Trinajstić information content (AvgIpc) is 2.28. The van der Waals surface area contributed by atoms with Crippen molar-refractivity contribution in [1.82, 2.24) is 0 Å². The van der Waals surface area contributed by atoms with Crippen LogP contribution in [-0.2, 0) is 0 Å². The summed E-state index contributed by atoms with van der Waals surface area (Å²) in [6.07, 6.45) is 1.68. The molecule has 1 heterocycles. The highest BCUT2D eigenvalue weighted by molar-refractivity contribution is 5.85. The van der Waals surface area contributed by atoms with Crippen molar-refractivity contribution in [3.8, 4) is 0 Å². The van der Waals surface area contributed by atoms with E-state index in [1.54, 1.807) is 6.26 Å². The fourth-order valence-electron chi connectivity index (χ4n) is 1.17. The minimum Gasteiger partial charge on any atom is -0.464 e. The van der Waals surface area contributed by atoms with E-state index in [0.29, 0.717) is 0 Å².